The minimum Gasteiger partial charge on any atom is -0.208 e. The normalized spacial score (nSPS) is 10.9. The van der Waals surface area contributed by atoms with E-state index in [2.05, 4.69) is 328 Å². The third-order valence-corrected chi connectivity index (χ3v) is 20.0. The van der Waals surface area contributed by atoms with Crippen LogP contribution in [0.5, 0.6) is 0 Å². The van der Waals surface area contributed by atoms with E-state index in [0.717, 1.165) is 72.3 Å². The first-order valence-electron chi connectivity index (χ1n) is 37.7. The standard InChI is InChI=1S/2C53H37N3/c1-6-18-39(19-7-1)49(40-20-8-2-9-21-40)50(41-22-10-3-11-23-41)48-31-17-30-47(37-48)46-29-16-28-45(36-46)38-32-34-44(35-33-38)53-55-51(42-24-12-4-13-25-42)54-52(56-53)43-26-14-5-15-27-43;1-6-16-42(17-7-1)49(43-18-8-2-9-19-43)50(44-20-10-3-11-21-44)45-34-30-40(31-35-45)38-26-28-39(29-27-38)41-32-36-48(37-33-41)53-55-51(46-22-12-4-13-23-46)54-52(56-53)47-24-14-5-15-25-47/h2*1-37H. The molecule has 0 spiro atoms. The van der Waals surface area contributed by atoms with Gasteiger partial charge in [0.25, 0.3) is 0 Å². The van der Waals surface area contributed by atoms with Gasteiger partial charge >= 0.3 is 0 Å². The van der Waals surface area contributed by atoms with Gasteiger partial charge in [-0.3, -0.25) is 0 Å². The van der Waals surface area contributed by atoms with Gasteiger partial charge in [-0.05, 0) is 123 Å². The SMILES string of the molecule is c1ccc(C(=C(c2ccccc2)c2ccc(-c3ccc(-c4ccc(-c5nc(-c6ccccc6)nc(-c6ccccc6)n5)cc4)cc3)cc2)c2ccccc2)cc1.c1ccc(C(=C(c2ccccc2)c2cccc(-c3cccc(-c4ccc(-c5nc(-c6ccccc6)nc(-c6ccccc6)n5)cc4)c3)c2)c2ccccc2)cc1. The van der Waals surface area contributed by atoms with E-state index < -0.39 is 0 Å². The molecule has 0 N–H and O–H groups in total. The molecule has 0 saturated heterocycles. The largest absolute Gasteiger partial charge is 0.208 e. The Morgan fingerprint density at radius 1 is 0.107 bits per heavy atom. The second-order valence-electron chi connectivity index (χ2n) is 27.2. The van der Waals surface area contributed by atoms with Crippen molar-refractivity contribution in [3.8, 4) is 113 Å². The molecule has 0 saturated carbocycles. The molecule has 112 heavy (non-hydrogen) atoms. The van der Waals surface area contributed by atoms with E-state index in [1.807, 2.05) is 121 Å². The minimum absolute atomic E-state index is 0.641. The van der Waals surface area contributed by atoms with Crippen molar-refractivity contribution >= 4 is 22.3 Å². The summed E-state index contributed by atoms with van der Waals surface area (Å²) in [5, 5.41) is 0. The number of benzene rings is 16. The molecule has 2 heterocycles. The van der Waals surface area contributed by atoms with Gasteiger partial charge in [-0.2, -0.15) is 0 Å². The van der Waals surface area contributed by atoms with Crippen LogP contribution in [-0.4, -0.2) is 29.9 Å². The maximum Gasteiger partial charge on any atom is 0.164 e. The van der Waals surface area contributed by atoms with Gasteiger partial charge in [-0.25, -0.2) is 29.9 Å². The second kappa shape index (κ2) is 33.4. The van der Waals surface area contributed by atoms with Crippen LogP contribution in [0.15, 0.2) is 449 Å². The van der Waals surface area contributed by atoms with Crippen molar-refractivity contribution in [2.24, 2.45) is 0 Å². The van der Waals surface area contributed by atoms with Crippen molar-refractivity contribution in [3.05, 3.63) is 493 Å². The third kappa shape index (κ3) is 16.0. The fourth-order valence-electron chi connectivity index (χ4n) is 14.4. The highest BCUT2D eigenvalue weighted by Crippen LogP contribution is 2.41. The summed E-state index contributed by atoms with van der Waals surface area (Å²) >= 11 is 0. The summed E-state index contributed by atoms with van der Waals surface area (Å²) in [6.45, 7) is 0. The maximum atomic E-state index is 4.92. The average molecular weight is 1430 g/mol. The molecule has 0 aliphatic rings. The molecule has 0 fully saturated rings. The first kappa shape index (κ1) is 70.0. The van der Waals surface area contributed by atoms with E-state index in [4.69, 9.17) is 29.9 Å². The lowest BCUT2D eigenvalue weighted by Crippen LogP contribution is -2.00. The van der Waals surface area contributed by atoms with Crippen LogP contribution in [0.2, 0.25) is 0 Å². The lowest BCUT2D eigenvalue weighted by Gasteiger charge is -2.19. The molecule has 0 atom stereocenters. The Labute approximate surface area is 654 Å². The second-order valence-corrected chi connectivity index (χ2v) is 27.2. The Balaban J connectivity index is 0.000000163. The lowest BCUT2D eigenvalue weighted by molar-refractivity contribution is 1.07. The number of aromatic nitrogens is 6. The molecule has 16 aromatic carbocycles. The number of hydrogen-bond acceptors (Lipinski definition) is 6. The Kier molecular flexibility index (Phi) is 20.9. The van der Waals surface area contributed by atoms with Gasteiger partial charge in [-0.15, -0.1) is 0 Å². The molecule has 0 aliphatic carbocycles. The maximum absolute atomic E-state index is 4.92. The number of rotatable bonds is 18. The molecule has 0 radical (unpaired) electrons. The van der Waals surface area contributed by atoms with Crippen molar-refractivity contribution in [1.82, 2.24) is 29.9 Å². The van der Waals surface area contributed by atoms with Crippen molar-refractivity contribution < 1.29 is 0 Å². The Morgan fingerprint density at radius 3 is 0.518 bits per heavy atom. The highest BCUT2D eigenvalue weighted by atomic mass is 15.0. The van der Waals surface area contributed by atoms with Gasteiger partial charge in [0.2, 0.25) is 0 Å². The van der Waals surface area contributed by atoms with Crippen LogP contribution in [0.1, 0.15) is 44.5 Å². The van der Waals surface area contributed by atoms with Crippen molar-refractivity contribution in [2.45, 2.75) is 0 Å². The summed E-state index contributed by atoms with van der Waals surface area (Å²) in [6, 6.07) is 157. The van der Waals surface area contributed by atoms with Gasteiger partial charge in [-0.1, -0.05) is 437 Å². The molecule has 18 rings (SSSR count). The third-order valence-electron chi connectivity index (χ3n) is 20.0. The molecule has 2 aromatic heterocycles. The minimum atomic E-state index is 0.641. The highest BCUT2D eigenvalue weighted by molar-refractivity contribution is 6.06. The molecule has 18 aromatic rings. The monoisotopic (exact) mass is 1430 g/mol. The van der Waals surface area contributed by atoms with Gasteiger partial charge in [0.15, 0.2) is 34.9 Å². The van der Waals surface area contributed by atoms with E-state index >= 15 is 0 Å². The highest BCUT2D eigenvalue weighted by Gasteiger charge is 2.21. The summed E-state index contributed by atoms with van der Waals surface area (Å²) in [5.41, 5.74) is 29.1. The van der Waals surface area contributed by atoms with Crippen molar-refractivity contribution in [3.63, 3.8) is 0 Å². The summed E-state index contributed by atoms with van der Waals surface area (Å²) in [6.07, 6.45) is 0. The number of hydrogen-bond donors (Lipinski definition) is 0. The van der Waals surface area contributed by atoms with E-state index in [9.17, 15) is 0 Å². The van der Waals surface area contributed by atoms with E-state index in [1.54, 1.807) is 0 Å². The molecule has 528 valence electrons. The van der Waals surface area contributed by atoms with Crippen LogP contribution >= 0.6 is 0 Å². The smallest absolute Gasteiger partial charge is 0.164 e. The first-order valence-corrected chi connectivity index (χ1v) is 37.7. The summed E-state index contributed by atoms with van der Waals surface area (Å²) in [4.78, 5) is 29.3. The van der Waals surface area contributed by atoms with E-state index in [-0.39, 0.29) is 0 Å². The predicted molar refractivity (Wildman–Crippen MR) is 463 cm³/mol. The van der Waals surface area contributed by atoms with Gasteiger partial charge < -0.3 is 0 Å². The average Bonchev–Trinajstić information content (AvgIpc) is 0.761. The molecule has 0 unspecified atom stereocenters. The first-order chi connectivity index (χ1) is 55.5. The molecule has 6 heteroatoms. The van der Waals surface area contributed by atoms with Gasteiger partial charge in [0.05, 0.1) is 0 Å². The molecule has 0 amide bonds. The molecule has 6 nitrogen and oxygen atoms in total. The summed E-state index contributed by atoms with van der Waals surface area (Å²) in [7, 11) is 0. The molecular weight excluding hydrogens is 1360 g/mol. The van der Waals surface area contributed by atoms with Crippen molar-refractivity contribution in [1.29, 1.82) is 0 Å². The fraction of sp³-hybridized carbons (Fsp3) is 0. The summed E-state index contributed by atoms with van der Waals surface area (Å²) < 4.78 is 0. The molecular formula is C106H74N6. The van der Waals surface area contributed by atoms with Crippen LogP contribution in [0.3, 0.4) is 0 Å². The zero-order valence-corrected chi connectivity index (χ0v) is 61.4. The van der Waals surface area contributed by atoms with Crippen LogP contribution in [0.4, 0.5) is 0 Å². The zero-order chi connectivity index (χ0) is 75.0. The summed E-state index contributed by atoms with van der Waals surface area (Å²) in [5.74, 6) is 3.90. The van der Waals surface area contributed by atoms with Crippen LogP contribution in [0.25, 0.3) is 135 Å². The zero-order valence-electron chi connectivity index (χ0n) is 61.4. The topological polar surface area (TPSA) is 77.3 Å². The van der Waals surface area contributed by atoms with Gasteiger partial charge in [0, 0.05) is 33.4 Å². The van der Waals surface area contributed by atoms with E-state index in [1.165, 1.54) is 72.4 Å². The quantitative estimate of drug-likeness (QED) is 0.0797. The number of nitrogens with zero attached hydrogens (tertiary/aromatic N) is 6. The Bertz CT molecular complexity index is 6040. The lowest BCUT2D eigenvalue weighted by atomic mass is 9.85. The Hall–Kier alpha value is -15.0. The van der Waals surface area contributed by atoms with Crippen molar-refractivity contribution in [2.75, 3.05) is 0 Å². The van der Waals surface area contributed by atoms with E-state index in [0.29, 0.717) is 34.9 Å². The predicted octanol–water partition coefficient (Wildman–Crippen LogP) is 26.4. The Morgan fingerprint density at radius 2 is 0.259 bits per heavy atom. The van der Waals surface area contributed by atoms with Crippen LogP contribution < -0.4 is 0 Å². The van der Waals surface area contributed by atoms with Gasteiger partial charge in [0.1, 0.15) is 0 Å². The van der Waals surface area contributed by atoms with Crippen LogP contribution in [0, 0.1) is 0 Å². The fourth-order valence-corrected chi connectivity index (χ4v) is 14.4. The molecule has 0 aliphatic heterocycles. The van der Waals surface area contributed by atoms with Crippen LogP contribution in [-0.2, 0) is 0 Å². The molecule has 0 bridgehead atoms.